The Hall–Kier alpha value is -3.71. The molecule has 1 aliphatic heterocycles. The van der Waals surface area contributed by atoms with Crippen LogP contribution in [0.3, 0.4) is 0 Å². The summed E-state index contributed by atoms with van der Waals surface area (Å²) in [5.41, 5.74) is 5.04. The summed E-state index contributed by atoms with van der Waals surface area (Å²) in [5, 5.41) is 1.11. The van der Waals surface area contributed by atoms with Crippen LogP contribution in [-0.4, -0.2) is 22.2 Å². The molecule has 0 N–H and O–H groups in total. The molecule has 0 saturated heterocycles. The third-order valence-corrected chi connectivity index (χ3v) is 7.75. The molecule has 2 aromatic carbocycles. The summed E-state index contributed by atoms with van der Waals surface area (Å²) >= 11 is 1.36. The fraction of sp³-hybridized carbons (Fsp3) is 0.276. The van der Waals surface area contributed by atoms with Crippen molar-refractivity contribution in [2.24, 2.45) is 4.99 Å². The Morgan fingerprint density at radius 3 is 2.50 bits per heavy atom. The van der Waals surface area contributed by atoms with Gasteiger partial charge in [-0.1, -0.05) is 66.8 Å². The van der Waals surface area contributed by atoms with Gasteiger partial charge in [0.25, 0.3) is 5.56 Å². The van der Waals surface area contributed by atoms with Crippen LogP contribution < -0.4 is 14.9 Å². The number of aromatic nitrogens is 2. The second kappa shape index (κ2) is 9.39. The number of hydrogen-bond acceptors (Lipinski definition) is 5. The predicted octanol–water partition coefficient (Wildman–Crippen LogP) is 4.64. The maximum Gasteiger partial charge on any atom is 0.338 e. The molecule has 0 unspecified atom stereocenters. The number of thiazole rings is 1. The van der Waals surface area contributed by atoms with Gasteiger partial charge >= 0.3 is 5.97 Å². The van der Waals surface area contributed by atoms with Crippen LogP contribution in [0.1, 0.15) is 56.1 Å². The Labute approximate surface area is 213 Å². The summed E-state index contributed by atoms with van der Waals surface area (Å²) in [6.07, 6.45) is 2.54. The standard InChI is InChI=1S/C29H29N3O3S/c1-6-22-25(28(34)35-5)26(19-12-8-7-9-13-19)32-27(33)24(36-29(32)30-22)16-21-18(4)31(17(2)3)23-15-11-10-14-20(21)23/h7-17,26H,6H2,1-5H3/b24-16+/t26-/m0/s1. The molecule has 3 heterocycles. The Morgan fingerprint density at radius 1 is 1.14 bits per heavy atom. The lowest BCUT2D eigenvalue weighted by molar-refractivity contribution is -0.136. The number of nitrogens with zero attached hydrogens (tertiary/aromatic N) is 3. The minimum absolute atomic E-state index is 0.162. The second-order valence-electron chi connectivity index (χ2n) is 9.18. The summed E-state index contributed by atoms with van der Waals surface area (Å²) in [6.45, 7) is 8.39. The fourth-order valence-corrected chi connectivity index (χ4v) is 6.21. The van der Waals surface area contributed by atoms with Gasteiger partial charge in [-0.3, -0.25) is 9.36 Å². The van der Waals surface area contributed by atoms with E-state index in [9.17, 15) is 9.59 Å². The van der Waals surface area contributed by atoms with Crippen LogP contribution >= 0.6 is 11.3 Å². The molecular weight excluding hydrogens is 470 g/mol. The van der Waals surface area contributed by atoms with Crippen molar-refractivity contribution in [3.05, 3.63) is 102 Å². The van der Waals surface area contributed by atoms with Crippen molar-refractivity contribution in [3.8, 4) is 0 Å². The number of ether oxygens (including phenoxy) is 1. The molecule has 7 heteroatoms. The third-order valence-electron chi connectivity index (χ3n) is 6.76. The molecule has 0 saturated carbocycles. The van der Waals surface area contributed by atoms with Gasteiger partial charge in [0, 0.05) is 28.2 Å². The largest absolute Gasteiger partial charge is 0.466 e. The van der Waals surface area contributed by atoms with Crippen molar-refractivity contribution < 1.29 is 9.53 Å². The number of fused-ring (bicyclic) bond motifs is 2. The van der Waals surface area contributed by atoms with Gasteiger partial charge in [-0.25, -0.2) is 9.79 Å². The van der Waals surface area contributed by atoms with Crippen molar-refractivity contribution >= 4 is 34.3 Å². The number of rotatable bonds is 5. The van der Waals surface area contributed by atoms with E-state index in [1.807, 2.05) is 55.5 Å². The van der Waals surface area contributed by atoms with E-state index >= 15 is 0 Å². The first kappa shape index (κ1) is 24.0. The van der Waals surface area contributed by atoms with Crippen molar-refractivity contribution in [1.29, 1.82) is 0 Å². The molecule has 5 rings (SSSR count). The lowest BCUT2D eigenvalue weighted by Gasteiger charge is -2.25. The van der Waals surface area contributed by atoms with Crippen LogP contribution in [0.25, 0.3) is 17.0 Å². The van der Waals surface area contributed by atoms with Crippen LogP contribution in [0.2, 0.25) is 0 Å². The van der Waals surface area contributed by atoms with Gasteiger partial charge in [0.1, 0.15) is 0 Å². The average molecular weight is 500 g/mol. The van der Waals surface area contributed by atoms with E-state index in [0.29, 0.717) is 27.0 Å². The van der Waals surface area contributed by atoms with Crippen LogP contribution in [0.5, 0.6) is 0 Å². The second-order valence-corrected chi connectivity index (χ2v) is 10.2. The van der Waals surface area contributed by atoms with Crippen molar-refractivity contribution in [1.82, 2.24) is 9.13 Å². The number of hydrogen-bond donors (Lipinski definition) is 0. The first-order valence-electron chi connectivity index (χ1n) is 12.1. The zero-order valence-corrected chi connectivity index (χ0v) is 21.9. The predicted molar refractivity (Wildman–Crippen MR) is 144 cm³/mol. The topological polar surface area (TPSA) is 65.6 Å². The summed E-state index contributed by atoms with van der Waals surface area (Å²) in [7, 11) is 1.36. The maximum absolute atomic E-state index is 13.9. The number of benzene rings is 2. The first-order chi connectivity index (χ1) is 17.4. The van der Waals surface area contributed by atoms with E-state index in [1.165, 1.54) is 18.4 Å². The number of para-hydroxylation sites is 1. The van der Waals surface area contributed by atoms with Gasteiger partial charge < -0.3 is 9.30 Å². The monoisotopic (exact) mass is 499 g/mol. The summed E-state index contributed by atoms with van der Waals surface area (Å²) < 4.78 is 9.68. The van der Waals surface area contributed by atoms with Crippen LogP contribution in [0, 0.1) is 6.92 Å². The Bertz CT molecular complexity index is 1690. The molecule has 1 atom stereocenters. The highest BCUT2D eigenvalue weighted by atomic mass is 32.1. The molecule has 0 fully saturated rings. The van der Waals surface area contributed by atoms with Gasteiger partial charge in [-0.15, -0.1) is 0 Å². The van der Waals surface area contributed by atoms with E-state index in [4.69, 9.17) is 9.73 Å². The average Bonchev–Trinajstić information content (AvgIpc) is 3.36. The number of carbonyl (C=O) groups excluding carboxylic acids is 1. The SMILES string of the molecule is CCC1=C(C(=O)OC)[C@H](c2ccccc2)n2c(s/c(=C/c3c(C)n(C(C)C)c4ccccc34)c2=O)=N1. The number of allylic oxidation sites excluding steroid dienone is 1. The van der Waals surface area contributed by atoms with E-state index < -0.39 is 12.0 Å². The zero-order valence-electron chi connectivity index (χ0n) is 21.1. The molecule has 184 valence electrons. The molecule has 0 radical (unpaired) electrons. The Balaban J connectivity index is 1.81. The van der Waals surface area contributed by atoms with Crippen molar-refractivity contribution in [2.45, 2.75) is 46.2 Å². The molecule has 0 aliphatic carbocycles. The van der Waals surface area contributed by atoms with Gasteiger partial charge in [-0.05, 0) is 44.9 Å². The minimum Gasteiger partial charge on any atom is -0.466 e. The lowest BCUT2D eigenvalue weighted by Crippen LogP contribution is -2.40. The minimum atomic E-state index is -0.592. The zero-order chi connectivity index (χ0) is 25.6. The lowest BCUT2D eigenvalue weighted by atomic mass is 9.95. The van der Waals surface area contributed by atoms with E-state index in [2.05, 4.69) is 37.5 Å². The van der Waals surface area contributed by atoms with Gasteiger partial charge in [0.15, 0.2) is 4.80 Å². The highest BCUT2D eigenvalue weighted by molar-refractivity contribution is 7.07. The number of methoxy groups -OCH3 is 1. The maximum atomic E-state index is 13.9. The molecular formula is C29H29N3O3S. The molecule has 2 aromatic heterocycles. The van der Waals surface area contributed by atoms with Gasteiger partial charge in [0.05, 0.1) is 29.0 Å². The smallest absolute Gasteiger partial charge is 0.338 e. The highest BCUT2D eigenvalue weighted by Crippen LogP contribution is 2.32. The van der Waals surface area contributed by atoms with Crippen LogP contribution in [0.4, 0.5) is 0 Å². The van der Waals surface area contributed by atoms with Crippen LogP contribution in [0.15, 0.2) is 75.7 Å². The van der Waals surface area contributed by atoms with E-state index in [1.54, 1.807) is 4.57 Å². The van der Waals surface area contributed by atoms with Crippen LogP contribution in [-0.2, 0) is 9.53 Å². The number of esters is 1. The van der Waals surface area contributed by atoms with Crippen molar-refractivity contribution in [3.63, 3.8) is 0 Å². The van der Waals surface area contributed by atoms with E-state index in [0.717, 1.165) is 27.7 Å². The number of carbonyl (C=O) groups is 1. The highest BCUT2D eigenvalue weighted by Gasteiger charge is 2.33. The van der Waals surface area contributed by atoms with Crippen molar-refractivity contribution in [2.75, 3.05) is 7.11 Å². The summed E-state index contributed by atoms with van der Waals surface area (Å²) in [4.78, 5) is 32.2. The summed E-state index contributed by atoms with van der Waals surface area (Å²) in [5.74, 6) is -0.463. The molecule has 0 amide bonds. The van der Waals surface area contributed by atoms with Gasteiger partial charge in [-0.2, -0.15) is 0 Å². The molecule has 36 heavy (non-hydrogen) atoms. The molecule has 0 spiro atoms. The molecule has 4 aromatic rings. The van der Waals surface area contributed by atoms with E-state index in [-0.39, 0.29) is 11.6 Å². The molecule has 6 nitrogen and oxygen atoms in total. The normalized spacial score (nSPS) is 15.9. The Morgan fingerprint density at radius 2 is 1.83 bits per heavy atom. The molecule has 0 bridgehead atoms. The first-order valence-corrected chi connectivity index (χ1v) is 13.0. The fourth-order valence-electron chi connectivity index (χ4n) is 5.21. The quantitative estimate of drug-likeness (QED) is 0.376. The third kappa shape index (κ3) is 3.75. The Kier molecular flexibility index (Phi) is 6.26. The molecule has 1 aliphatic rings. The van der Waals surface area contributed by atoms with Gasteiger partial charge in [0.2, 0.25) is 0 Å². The summed E-state index contributed by atoms with van der Waals surface area (Å²) in [6, 6.07) is 17.6.